The van der Waals surface area contributed by atoms with E-state index in [4.69, 9.17) is 0 Å². The van der Waals surface area contributed by atoms with Gasteiger partial charge in [0.1, 0.15) is 0 Å². The predicted octanol–water partition coefficient (Wildman–Crippen LogP) is 2.79. The third-order valence-corrected chi connectivity index (χ3v) is 4.47. The first kappa shape index (κ1) is 16.4. The molecule has 1 aromatic heterocycles. The fourth-order valence-corrected chi connectivity index (χ4v) is 3.09. The van der Waals surface area contributed by atoms with Gasteiger partial charge in [0, 0.05) is 22.7 Å². The third-order valence-electron chi connectivity index (χ3n) is 3.36. The predicted molar refractivity (Wildman–Crippen MR) is 90.1 cm³/mol. The summed E-state index contributed by atoms with van der Waals surface area (Å²) in [5.74, 6) is -0.0757. The number of carbonyl (C=O) groups excluding carboxylic acids is 1. The van der Waals surface area contributed by atoms with E-state index in [2.05, 4.69) is 10.3 Å². The van der Waals surface area contributed by atoms with Crippen LogP contribution in [0, 0.1) is 13.8 Å². The zero-order valence-electron chi connectivity index (χ0n) is 13.0. The Bertz CT molecular complexity index is 710. The van der Waals surface area contributed by atoms with E-state index in [1.165, 1.54) is 11.8 Å². The number of amides is 1. The van der Waals surface area contributed by atoms with Crippen molar-refractivity contribution < 1.29 is 4.79 Å². The zero-order chi connectivity index (χ0) is 16.1. The van der Waals surface area contributed by atoms with Crippen molar-refractivity contribution in [2.45, 2.75) is 37.5 Å². The van der Waals surface area contributed by atoms with Crippen molar-refractivity contribution in [3.63, 3.8) is 0 Å². The molecule has 0 aliphatic heterocycles. The van der Waals surface area contributed by atoms with Crippen LogP contribution in [0.25, 0.3) is 0 Å². The van der Waals surface area contributed by atoms with Gasteiger partial charge >= 0.3 is 0 Å². The van der Waals surface area contributed by atoms with Gasteiger partial charge in [0.15, 0.2) is 0 Å². The normalized spacial score (nSPS) is 12.0. The van der Waals surface area contributed by atoms with Crippen LogP contribution in [0.2, 0.25) is 0 Å². The highest BCUT2D eigenvalue weighted by Gasteiger charge is 2.15. The van der Waals surface area contributed by atoms with Gasteiger partial charge in [0.05, 0.1) is 5.25 Å². The molecule has 0 spiro atoms. The SMILES string of the molecule is Cc1cc(C)c(CNC(=O)[C@H](C)Sc2ccccc2)c(=O)[nH]1. The summed E-state index contributed by atoms with van der Waals surface area (Å²) in [4.78, 5) is 27.9. The van der Waals surface area contributed by atoms with Crippen molar-refractivity contribution in [3.05, 3.63) is 63.6 Å². The number of benzene rings is 1. The number of aryl methyl sites for hydroxylation is 2. The van der Waals surface area contributed by atoms with Crippen molar-refractivity contribution in [3.8, 4) is 0 Å². The second kappa shape index (κ2) is 7.31. The van der Waals surface area contributed by atoms with Crippen LogP contribution >= 0.6 is 11.8 Å². The number of thioether (sulfide) groups is 1. The molecule has 22 heavy (non-hydrogen) atoms. The van der Waals surface area contributed by atoms with E-state index in [-0.39, 0.29) is 23.3 Å². The van der Waals surface area contributed by atoms with Crippen LogP contribution in [0.3, 0.4) is 0 Å². The molecule has 0 aliphatic carbocycles. The van der Waals surface area contributed by atoms with Crippen molar-refractivity contribution in [2.75, 3.05) is 0 Å². The average Bonchev–Trinajstić information content (AvgIpc) is 2.46. The van der Waals surface area contributed by atoms with Gasteiger partial charge in [-0.1, -0.05) is 18.2 Å². The number of hydrogen-bond donors (Lipinski definition) is 2. The van der Waals surface area contributed by atoms with Crippen molar-refractivity contribution in [1.82, 2.24) is 10.3 Å². The minimum atomic E-state index is -0.216. The van der Waals surface area contributed by atoms with Gasteiger partial charge < -0.3 is 10.3 Å². The van der Waals surface area contributed by atoms with Gasteiger partial charge in [-0.2, -0.15) is 0 Å². The van der Waals surface area contributed by atoms with E-state index in [0.717, 1.165) is 16.2 Å². The third kappa shape index (κ3) is 4.24. The van der Waals surface area contributed by atoms with E-state index in [9.17, 15) is 9.59 Å². The molecule has 1 atom stereocenters. The quantitative estimate of drug-likeness (QED) is 0.834. The minimum Gasteiger partial charge on any atom is -0.351 e. The Morgan fingerprint density at radius 1 is 1.27 bits per heavy atom. The summed E-state index contributed by atoms with van der Waals surface area (Å²) < 4.78 is 0. The molecular formula is C17H20N2O2S. The maximum atomic E-state index is 12.2. The molecule has 1 heterocycles. The smallest absolute Gasteiger partial charge is 0.253 e. The highest BCUT2D eigenvalue weighted by atomic mass is 32.2. The van der Waals surface area contributed by atoms with Gasteiger partial charge in [0.2, 0.25) is 5.91 Å². The Kier molecular flexibility index (Phi) is 5.44. The summed E-state index contributed by atoms with van der Waals surface area (Å²) in [6, 6.07) is 11.7. The van der Waals surface area contributed by atoms with E-state index >= 15 is 0 Å². The topological polar surface area (TPSA) is 62.0 Å². The fraction of sp³-hybridized carbons (Fsp3) is 0.294. The van der Waals surface area contributed by atoms with Crippen LogP contribution in [0.4, 0.5) is 0 Å². The molecule has 1 amide bonds. The van der Waals surface area contributed by atoms with Crippen LogP contribution in [0.5, 0.6) is 0 Å². The number of rotatable bonds is 5. The highest BCUT2D eigenvalue weighted by molar-refractivity contribution is 8.00. The molecule has 0 unspecified atom stereocenters. The van der Waals surface area contributed by atoms with Crippen molar-refractivity contribution >= 4 is 17.7 Å². The average molecular weight is 316 g/mol. The molecule has 116 valence electrons. The molecule has 0 saturated heterocycles. The Hall–Kier alpha value is -2.01. The lowest BCUT2D eigenvalue weighted by Gasteiger charge is -2.13. The number of hydrogen-bond acceptors (Lipinski definition) is 3. The van der Waals surface area contributed by atoms with Crippen LogP contribution < -0.4 is 10.9 Å². The van der Waals surface area contributed by atoms with Gasteiger partial charge in [-0.15, -0.1) is 11.8 Å². The minimum absolute atomic E-state index is 0.0757. The fourth-order valence-electron chi connectivity index (χ4n) is 2.18. The summed E-state index contributed by atoms with van der Waals surface area (Å²) in [6.45, 7) is 5.83. The molecule has 0 fully saturated rings. The van der Waals surface area contributed by atoms with Crippen LogP contribution in [0.1, 0.15) is 23.7 Å². The number of H-pyrrole nitrogens is 1. The summed E-state index contributed by atoms with van der Waals surface area (Å²) in [5, 5.41) is 2.62. The van der Waals surface area contributed by atoms with E-state index in [1.807, 2.05) is 57.2 Å². The molecule has 0 saturated carbocycles. The number of nitrogens with one attached hydrogen (secondary N) is 2. The molecule has 5 heteroatoms. The Labute approximate surface area is 134 Å². The van der Waals surface area contributed by atoms with Crippen molar-refractivity contribution in [2.24, 2.45) is 0 Å². The largest absolute Gasteiger partial charge is 0.351 e. The second-order valence-electron chi connectivity index (χ2n) is 5.23. The molecule has 2 N–H and O–H groups in total. The lowest BCUT2D eigenvalue weighted by atomic mass is 10.1. The molecular weight excluding hydrogens is 296 g/mol. The maximum absolute atomic E-state index is 12.2. The Morgan fingerprint density at radius 3 is 2.59 bits per heavy atom. The number of aromatic amines is 1. The lowest BCUT2D eigenvalue weighted by molar-refractivity contribution is -0.120. The standard InChI is InChI=1S/C17H20N2O2S/c1-11-9-12(2)19-17(21)15(11)10-18-16(20)13(3)22-14-7-5-4-6-8-14/h4-9,13H,10H2,1-3H3,(H,18,20)(H,19,21)/t13-/m0/s1. The Balaban J connectivity index is 1.97. The maximum Gasteiger partial charge on any atom is 0.253 e. The Morgan fingerprint density at radius 2 is 1.95 bits per heavy atom. The zero-order valence-corrected chi connectivity index (χ0v) is 13.8. The molecule has 2 aromatic rings. The van der Waals surface area contributed by atoms with Crippen molar-refractivity contribution in [1.29, 1.82) is 0 Å². The van der Waals surface area contributed by atoms with Crippen LogP contribution in [-0.4, -0.2) is 16.1 Å². The molecule has 0 aliphatic rings. The molecule has 0 bridgehead atoms. The summed E-state index contributed by atoms with van der Waals surface area (Å²) in [5.41, 5.74) is 2.19. The number of pyridine rings is 1. The summed E-state index contributed by atoms with van der Waals surface area (Å²) in [7, 11) is 0. The molecule has 0 radical (unpaired) electrons. The van der Waals surface area contributed by atoms with E-state index in [1.54, 1.807) is 0 Å². The monoisotopic (exact) mass is 316 g/mol. The van der Waals surface area contributed by atoms with Gasteiger partial charge in [0.25, 0.3) is 5.56 Å². The molecule has 2 rings (SSSR count). The number of carbonyl (C=O) groups is 1. The van der Waals surface area contributed by atoms with Gasteiger partial charge in [-0.25, -0.2) is 0 Å². The summed E-state index contributed by atoms with van der Waals surface area (Å²) >= 11 is 1.50. The lowest BCUT2D eigenvalue weighted by Crippen LogP contribution is -2.33. The van der Waals surface area contributed by atoms with Crippen LogP contribution in [0.15, 0.2) is 46.1 Å². The first-order valence-electron chi connectivity index (χ1n) is 7.16. The highest BCUT2D eigenvalue weighted by Crippen LogP contribution is 2.22. The van der Waals surface area contributed by atoms with Gasteiger partial charge in [-0.3, -0.25) is 9.59 Å². The molecule has 1 aromatic carbocycles. The first-order chi connectivity index (χ1) is 10.5. The summed E-state index contributed by atoms with van der Waals surface area (Å²) in [6.07, 6.45) is 0. The second-order valence-corrected chi connectivity index (χ2v) is 6.65. The molecule has 4 nitrogen and oxygen atoms in total. The van der Waals surface area contributed by atoms with E-state index in [0.29, 0.717) is 5.56 Å². The first-order valence-corrected chi connectivity index (χ1v) is 8.04. The van der Waals surface area contributed by atoms with Gasteiger partial charge in [-0.05, 0) is 44.5 Å². The van der Waals surface area contributed by atoms with E-state index < -0.39 is 0 Å². The van der Waals surface area contributed by atoms with Crippen LogP contribution in [-0.2, 0) is 11.3 Å². The number of aromatic nitrogens is 1.